The fourth-order valence-electron chi connectivity index (χ4n) is 4.08. The first-order valence-electron chi connectivity index (χ1n) is 8.65. The molecule has 2 aliphatic carbocycles. The van der Waals surface area contributed by atoms with Crippen LogP contribution in [-0.2, 0) is 4.79 Å². The maximum absolute atomic E-state index is 12.1. The van der Waals surface area contributed by atoms with Gasteiger partial charge in [0.25, 0.3) is 0 Å². The predicted molar refractivity (Wildman–Crippen MR) is 90.3 cm³/mol. The minimum Gasteiger partial charge on any atom is -0.490 e. The Morgan fingerprint density at radius 3 is 2.79 bits per heavy atom. The molecule has 2 aliphatic rings. The quantitative estimate of drug-likeness (QED) is 0.832. The second kappa shape index (κ2) is 6.96. The van der Waals surface area contributed by atoms with Crippen molar-refractivity contribution in [3.05, 3.63) is 30.3 Å². The molecule has 4 heteroatoms. The molecule has 24 heavy (non-hydrogen) atoms. The Kier molecular flexibility index (Phi) is 4.93. The van der Waals surface area contributed by atoms with Gasteiger partial charge < -0.3 is 14.9 Å². The first-order chi connectivity index (χ1) is 11.6. The monoisotopic (exact) mass is 328 g/mol. The molecule has 0 aromatic heterocycles. The molecule has 0 radical (unpaired) electrons. The van der Waals surface area contributed by atoms with Gasteiger partial charge in [-0.1, -0.05) is 37.0 Å². The number of aliphatic hydroxyl groups is 2. The van der Waals surface area contributed by atoms with E-state index in [1.54, 1.807) is 0 Å². The van der Waals surface area contributed by atoms with Crippen molar-refractivity contribution in [2.45, 2.75) is 44.8 Å². The highest BCUT2D eigenvalue weighted by Gasteiger charge is 2.59. The number of aliphatic hydroxyl groups excluding tert-OH is 2. The van der Waals surface area contributed by atoms with Gasteiger partial charge in [0.05, 0.1) is 12.0 Å². The van der Waals surface area contributed by atoms with E-state index in [1.165, 1.54) is 0 Å². The number of carbonyl (C=O) groups is 1. The number of ether oxygens (including phenoxy) is 1. The van der Waals surface area contributed by atoms with E-state index in [4.69, 9.17) is 4.74 Å². The molecule has 2 saturated carbocycles. The molecule has 0 aliphatic heterocycles. The molecule has 0 amide bonds. The molecule has 0 spiro atoms. The van der Waals surface area contributed by atoms with Crippen LogP contribution in [0.2, 0.25) is 0 Å². The van der Waals surface area contributed by atoms with Crippen molar-refractivity contribution >= 4 is 5.78 Å². The van der Waals surface area contributed by atoms with Gasteiger partial charge in [-0.25, -0.2) is 0 Å². The molecular weight excluding hydrogens is 304 g/mol. The lowest BCUT2D eigenvalue weighted by molar-refractivity contribution is -0.160. The van der Waals surface area contributed by atoms with Gasteiger partial charge in [-0.3, -0.25) is 4.79 Å². The van der Waals surface area contributed by atoms with Gasteiger partial charge >= 0.3 is 0 Å². The Bertz CT molecular complexity index is 645. The third kappa shape index (κ3) is 3.07. The number of ketones is 1. The predicted octanol–water partition coefficient (Wildman–Crippen LogP) is 2.19. The van der Waals surface area contributed by atoms with Gasteiger partial charge in [-0.2, -0.15) is 0 Å². The van der Waals surface area contributed by atoms with E-state index < -0.39 is 12.2 Å². The number of hydrogen-bond acceptors (Lipinski definition) is 4. The summed E-state index contributed by atoms with van der Waals surface area (Å²) in [5, 5.41) is 20.3. The van der Waals surface area contributed by atoms with Gasteiger partial charge in [0.2, 0.25) is 0 Å². The maximum atomic E-state index is 12.1. The fraction of sp³-hybridized carbons (Fsp3) is 0.550. The third-order valence-corrected chi connectivity index (χ3v) is 5.60. The summed E-state index contributed by atoms with van der Waals surface area (Å²) in [5.74, 6) is 6.72. The lowest BCUT2D eigenvalue weighted by Crippen LogP contribution is -2.58. The zero-order valence-corrected chi connectivity index (χ0v) is 13.9. The molecule has 2 N–H and O–H groups in total. The molecule has 3 rings (SSSR count). The number of carbonyl (C=O) groups excluding carboxylic acids is 1. The normalized spacial score (nSPS) is 32.8. The Morgan fingerprint density at radius 1 is 1.38 bits per heavy atom. The highest BCUT2D eigenvalue weighted by molar-refractivity contribution is 5.92. The molecule has 0 saturated heterocycles. The molecular formula is C20H24O4. The molecule has 0 bridgehead atoms. The average molecular weight is 328 g/mol. The zero-order valence-electron chi connectivity index (χ0n) is 13.9. The number of rotatable bonds is 4. The van der Waals surface area contributed by atoms with Crippen LogP contribution < -0.4 is 4.74 Å². The minimum atomic E-state index is -0.911. The summed E-state index contributed by atoms with van der Waals surface area (Å²) < 4.78 is 5.49. The van der Waals surface area contributed by atoms with E-state index in [9.17, 15) is 15.0 Å². The van der Waals surface area contributed by atoms with Crippen LogP contribution >= 0.6 is 0 Å². The first-order valence-corrected chi connectivity index (χ1v) is 8.65. The standard InChI is InChI=1S/C20H24O4/c1-2-20-11-10-18(22)16(17(20)12-19(20)23)9-8-14(21)13-24-15-6-4-3-5-7-15/h3-7,14,16-18,21-22H,2,10-13H2,1H3/t14-,16+,17+,18+,20-/m0/s1. The van der Waals surface area contributed by atoms with Gasteiger partial charge in [0.1, 0.15) is 24.2 Å². The van der Waals surface area contributed by atoms with Crippen LogP contribution in [0.1, 0.15) is 32.6 Å². The van der Waals surface area contributed by atoms with Crippen LogP contribution in [0.25, 0.3) is 0 Å². The summed E-state index contributed by atoms with van der Waals surface area (Å²) in [4.78, 5) is 12.1. The highest BCUT2D eigenvalue weighted by Crippen LogP contribution is 2.57. The molecule has 128 valence electrons. The van der Waals surface area contributed by atoms with Crippen molar-refractivity contribution in [2.24, 2.45) is 17.3 Å². The smallest absolute Gasteiger partial charge is 0.148 e. The summed E-state index contributed by atoms with van der Waals surface area (Å²) in [6, 6.07) is 9.27. The van der Waals surface area contributed by atoms with E-state index in [0.29, 0.717) is 24.4 Å². The van der Waals surface area contributed by atoms with E-state index in [2.05, 4.69) is 11.8 Å². The zero-order chi connectivity index (χ0) is 17.2. The van der Waals surface area contributed by atoms with Crippen LogP contribution in [0, 0.1) is 29.1 Å². The van der Waals surface area contributed by atoms with E-state index in [-0.39, 0.29) is 23.9 Å². The topological polar surface area (TPSA) is 66.8 Å². The van der Waals surface area contributed by atoms with Gasteiger partial charge in [0.15, 0.2) is 0 Å². The number of Topliss-reactive ketones (excluding diaryl/α,β-unsaturated/α-hetero) is 1. The van der Waals surface area contributed by atoms with Crippen molar-refractivity contribution in [3.63, 3.8) is 0 Å². The van der Waals surface area contributed by atoms with Crippen molar-refractivity contribution < 1.29 is 19.7 Å². The fourth-order valence-corrected chi connectivity index (χ4v) is 4.08. The van der Waals surface area contributed by atoms with E-state index in [0.717, 1.165) is 12.8 Å². The van der Waals surface area contributed by atoms with Crippen LogP contribution in [-0.4, -0.2) is 34.8 Å². The van der Waals surface area contributed by atoms with Crippen LogP contribution in [0.15, 0.2) is 30.3 Å². The Hall–Kier alpha value is -1.83. The Balaban J connectivity index is 1.62. The number of hydrogen-bond donors (Lipinski definition) is 2. The van der Waals surface area contributed by atoms with Crippen molar-refractivity contribution in [3.8, 4) is 17.6 Å². The van der Waals surface area contributed by atoms with Crippen molar-refractivity contribution in [2.75, 3.05) is 6.61 Å². The first kappa shape index (κ1) is 17.0. The molecule has 4 nitrogen and oxygen atoms in total. The second-order valence-corrected chi connectivity index (χ2v) is 6.80. The summed E-state index contributed by atoms with van der Waals surface area (Å²) in [5.41, 5.74) is -0.288. The van der Waals surface area contributed by atoms with Crippen LogP contribution in [0.3, 0.4) is 0 Å². The van der Waals surface area contributed by atoms with Crippen molar-refractivity contribution in [1.82, 2.24) is 0 Å². The number of para-hydroxylation sites is 1. The average Bonchev–Trinajstić information content (AvgIpc) is 2.60. The summed E-state index contributed by atoms with van der Waals surface area (Å²) in [6.07, 6.45) is 1.24. The van der Waals surface area contributed by atoms with Gasteiger partial charge in [-0.05, 0) is 37.3 Å². The lowest BCUT2D eigenvalue weighted by atomic mass is 9.48. The van der Waals surface area contributed by atoms with Gasteiger partial charge in [-0.15, -0.1) is 0 Å². The van der Waals surface area contributed by atoms with Gasteiger partial charge in [0, 0.05) is 11.8 Å². The van der Waals surface area contributed by atoms with Crippen LogP contribution in [0.5, 0.6) is 5.75 Å². The molecule has 5 atom stereocenters. The number of fused-ring (bicyclic) bond motifs is 1. The Labute approximate surface area is 142 Å². The van der Waals surface area contributed by atoms with E-state index in [1.807, 2.05) is 37.3 Å². The minimum absolute atomic E-state index is 0.0857. The summed E-state index contributed by atoms with van der Waals surface area (Å²) in [6.45, 7) is 2.12. The third-order valence-electron chi connectivity index (χ3n) is 5.60. The molecule has 1 aromatic rings. The molecule has 0 heterocycles. The van der Waals surface area contributed by atoms with Crippen molar-refractivity contribution in [1.29, 1.82) is 0 Å². The number of benzene rings is 1. The summed E-state index contributed by atoms with van der Waals surface area (Å²) in [7, 11) is 0. The van der Waals surface area contributed by atoms with E-state index >= 15 is 0 Å². The molecule has 0 unspecified atom stereocenters. The highest BCUT2D eigenvalue weighted by atomic mass is 16.5. The largest absolute Gasteiger partial charge is 0.490 e. The van der Waals surface area contributed by atoms with Crippen LogP contribution in [0.4, 0.5) is 0 Å². The SMILES string of the molecule is CC[C@]12CC[C@@H](O)[C@H](C#C[C@H](O)COc3ccccc3)[C@H]1CC2=O. The second-order valence-electron chi connectivity index (χ2n) is 6.80. The molecule has 2 fully saturated rings. The maximum Gasteiger partial charge on any atom is 0.148 e. The summed E-state index contributed by atoms with van der Waals surface area (Å²) >= 11 is 0. The molecule has 1 aromatic carbocycles. The Morgan fingerprint density at radius 2 is 2.12 bits per heavy atom. The lowest BCUT2D eigenvalue weighted by Gasteiger charge is -2.54.